The molecule has 0 saturated carbocycles. The van der Waals surface area contributed by atoms with Crippen molar-refractivity contribution in [2.75, 3.05) is 5.32 Å². The summed E-state index contributed by atoms with van der Waals surface area (Å²) in [6.45, 7) is 3.88. The molecule has 1 aliphatic rings. The minimum absolute atomic E-state index is 0.00441. The van der Waals surface area contributed by atoms with Gasteiger partial charge in [0.25, 0.3) is 5.24 Å². The first kappa shape index (κ1) is 13.6. The van der Waals surface area contributed by atoms with Crippen LogP contribution in [0.15, 0.2) is 18.2 Å². The molecule has 6 heteroatoms. The SMILES string of the molecule is Cc1ccc(NC(=O)C[C@@H]2SC(=O)NC2=O)c(C)c1. The van der Waals surface area contributed by atoms with Gasteiger partial charge in [0.1, 0.15) is 5.25 Å². The average Bonchev–Trinajstić information content (AvgIpc) is 2.61. The molecule has 100 valence electrons. The number of carbonyl (C=O) groups is 3. The number of hydrogen-bond acceptors (Lipinski definition) is 4. The monoisotopic (exact) mass is 278 g/mol. The van der Waals surface area contributed by atoms with E-state index in [4.69, 9.17) is 0 Å². The van der Waals surface area contributed by atoms with Crippen molar-refractivity contribution in [3.8, 4) is 0 Å². The lowest BCUT2D eigenvalue weighted by atomic mass is 10.1. The molecule has 1 fully saturated rings. The summed E-state index contributed by atoms with van der Waals surface area (Å²) < 4.78 is 0. The summed E-state index contributed by atoms with van der Waals surface area (Å²) in [6, 6.07) is 5.70. The zero-order valence-corrected chi connectivity index (χ0v) is 11.5. The van der Waals surface area contributed by atoms with Crippen molar-refractivity contribution in [3.63, 3.8) is 0 Å². The van der Waals surface area contributed by atoms with Gasteiger partial charge in [-0.05, 0) is 25.5 Å². The lowest BCUT2D eigenvalue weighted by Crippen LogP contribution is -2.27. The number of anilines is 1. The predicted octanol–water partition coefficient (Wildman–Crippen LogP) is 1.98. The third kappa shape index (κ3) is 3.35. The van der Waals surface area contributed by atoms with Gasteiger partial charge in [-0.15, -0.1) is 0 Å². The Morgan fingerprint density at radius 3 is 2.68 bits per heavy atom. The number of imide groups is 1. The molecule has 2 N–H and O–H groups in total. The van der Waals surface area contributed by atoms with E-state index in [0.717, 1.165) is 28.6 Å². The van der Waals surface area contributed by atoms with Crippen LogP contribution in [0.2, 0.25) is 0 Å². The number of thioether (sulfide) groups is 1. The van der Waals surface area contributed by atoms with Gasteiger partial charge in [0.2, 0.25) is 11.8 Å². The van der Waals surface area contributed by atoms with Crippen LogP contribution in [0.1, 0.15) is 17.5 Å². The zero-order valence-electron chi connectivity index (χ0n) is 10.6. The molecule has 3 amide bonds. The lowest BCUT2D eigenvalue weighted by Gasteiger charge is -2.10. The van der Waals surface area contributed by atoms with Gasteiger partial charge >= 0.3 is 0 Å². The predicted molar refractivity (Wildman–Crippen MR) is 74.1 cm³/mol. The highest BCUT2D eigenvalue weighted by molar-refractivity contribution is 8.15. The van der Waals surface area contributed by atoms with Crippen LogP contribution >= 0.6 is 11.8 Å². The maximum atomic E-state index is 11.8. The Labute approximate surface area is 115 Å². The highest BCUT2D eigenvalue weighted by atomic mass is 32.2. The minimum atomic E-state index is -0.627. The number of rotatable bonds is 3. The second-order valence-corrected chi connectivity index (χ2v) is 5.63. The maximum Gasteiger partial charge on any atom is 0.286 e. The fourth-order valence-corrected chi connectivity index (χ4v) is 2.67. The van der Waals surface area contributed by atoms with Crippen LogP contribution in [-0.2, 0) is 9.59 Å². The van der Waals surface area contributed by atoms with Crippen molar-refractivity contribution in [2.24, 2.45) is 0 Å². The molecule has 1 aromatic rings. The van der Waals surface area contributed by atoms with E-state index < -0.39 is 16.4 Å². The first-order chi connectivity index (χ1) is 8.95. The van der Waals surface area contributed by atoms with E-state index in [1.54, 1.807) is 0 Å². The number of amides is 3. The highest BCUT2D eigenvalue weighted by Gasteiger charge is 2.33. The normalized spacial score (nSPS) is 18.3. The summed E-state index contributed by atoms with van der Waals surface area (Å²) in [6.07, 6.45) is -0.00441. The third-order valence-corrected chi connectivity index (χ3v) is 3.78. The topological polar surface area (TPSA) is 75.3 Å². The van der Waals surface area contributed by atoms with E-state index in [1.165, 1.54) is 0 Å². The smallest absolute Gasteiger partial charge is 0.286 e. The van der Waals surface area contributed by atoms with Crippen molar-refractivity contribution >= 4 is 34.5 Å². The number of nitrogens with one attached hydrogen (secondary N) is 2. The molecule has 1 aliphatic heterocycles. The fraction of sp³-hybridized carbons (Fsp3) is 0.308. The van der Waals surface area contributed by atoms with Gasteiger partial charge in [-0.1, -0.05) is 29.5 Å². The Balaban J connectivity index is 1.98. The summed E-state index contributed by atoms with van der Waals surface area (Å²) in [5.74, 6) is -0.667. The van der Waals surface area contributed by atoms with E-state index in [-0.39, 0.29) is 12.3 Å². The van der Waals surface area contributed by atoms with Crippen LogP contribution in [0.3, 0.4) is 0 Å². The number of benzene rings is 1. The van der Waals surface area contributed by atoms with E-state index in [9.17, 15) is 14.4 Å². The van der Waals surface area contributed by atoms with Gasteiger partial charge in [-0.3, -0.25) is 19.7 Å². The quantitative estimate of drug-likeness (QED) is 0.886. The number of hydrogen-bond donors (Lipinski definition) is 2. The van der Waals surface area contributed by atoms with Gasteiger partial charge in [0.15, 0.2) is 0 Å². The first-order valence-electron chi connectivity index (χ1n) is 5.84. The zero-order chi connectivity index (χ0) is 14.0. The average molecular weight is 278 g/mol. The van der Waals surface area contributed by atoms with E-state index in [2.05, 4.69) is 10.6 Å². The molecular weight excluding hydrogens is 264 g/mol. The molecule has 0 aliphatic carbocycles. The van der Waals surface area contributed by atoms with Gasteiger partial charge in [0, 0.05) is 12.1 Å². The lowest BCUT2D eigenvalue weighted by molar-refractivity contribution is -0.122. The van der Waals surface area contributed by atoms with Crippen molar-refractivity contribution in [2.45, 2.75) is 25.5 Å². The van der Waals surface area contributed by atoms with Crippen LogP contribution in [0.5, 0.6) is 0 Å². The molecule has 2 rings (SSSR count). The molecule has 1 saturated heterocycles. The van der Waals surface area contributed by atoms with Gasteiger partial charge in [0.05, 0.1) is 0 Å². The summed E-state index contributed by atoms with van der Waals surface area (Å²) in [5, 5.41) is 3.90. The Morgan fingerprint density at radius 2 is 2.11 bits per heavy atom. The van der Waals surface area contributed by atoms with Crippen LogP contribution in [-0.4, -0.2) is 22.3 Å². The van der Waals surface area contributed by atoms with Crippen molar-refractivity contribution < 1.29 is 14.4 Å². The molecular formula is C13H14N2O3S. The molecule has 0 aromatic heterocycles. The van der Waals surface area contributed by atoms with E-state index in [0.29, 0.717) is 0 Å². The number of aryl methyl sites for hydroxylation is 2. The van der Waals surface area contributed by atoms with Crippen molar-refractivity contribution in [1.82, 2.24) is 5.32 Å². The summed E-state index contributed by atoms with van der Waals surface area (Å²) in [5.41, 5.74) is 2.81. The molecule has 1 atom stereocenters. The summed E-state index contributed by atoms with van der Waals surface area (Å²) in [4.78, 5) is 34.2. The summed E-state index contributed by atoms with van der Waals surface area (Å²) in [7, 11) is 0. The first-order valence-corrected chi connectivity index (χ1v) is 6.72. The summed E-state index contributed by atoms with van der Waals surface area (Å²) >= 11 is 0.859. The minimum Gasteiger partial charge on any atom is -0.326 e. The Hall–Kier alpha value is -1.82. The standard InChI is InChI=1S/C13H14N2O3S/c1-7-3-4-9(8(2)5-7)14-11(16)6-10-12(17)15-13(18)19-10/h3-5,10H,6H2,1-2H3,(H,14,16)(H,15,17,18)/t10-/m0/s1. The fourth-order valence-electron chi connectivity index (χ4n) is 1.85. The Kier molecular flexibility index (Phi) is 3.90. The van der Waals surface area contributed by atoms with Gasteiger partial charge < -0.3 is 5.32 Å². The molecule has 0 spiro atoms. The van der Waals surface area contributed by atoms with Gasteiger partial charge in [-0.25, -0.2) is 0 Å². The molecule has 0 unspecified atom stereocenters. The van der Waals surface area contributed by atoms with Crippen LogP contribution < -0.4 is 10.6 Å². The second kappa shape index (κ2) is 5.44. The molecule has 5 nitrogen and oxygen atoms in total. The third-order valence-electron chi connectivity index (χ3n) is 2.79. The van der Waals surface area contributed by atoms with Crippen LogP contribution in [0.25, 0.3) is 0 Å². The van der Waals surface area contributed by atoms with Crippen molar-refractivity contribution in [1.29, 1.82) is 0 Å². The maximum absolute atomic E-state index is 11.8. The highest BCUT2D eigenvalue weighted by Crippen LogP contribution is 2.23. The van der Waals surface area contributed by atoms with E-state index in [1.807, 2.05) is 32.0 Å². The molecule has 19 heavy (non-hydrogen) atoms. The van der Waals surface area contributed by atoms with Crippen LogP contribution in [0.4, 0.5) is 10.5 Å². The van der Waals surface area contributed by atoms with E-state index >= 15 is 0 Å². The molecule has 0 radical (unpaired) electrons. The number of carbonyl (C=O) groups excluding carboxylic acids is 3. The van der Waals surface area contributed by atoms with Gasteiger partial charge in [-0.2, -0.15) is 0 Å². The Morgan fingerprint density at radius 1 is 1.37 bits per heavy atom. The largest absolute Gasteiger partial charge is 0.326 e. The van der Waals surface area contributed by atoms with Crippen LogP contribution in [0, 0.1) is 13.8 Å². The second-order valence-electron chi connectivity index (χ2n) is 4.45. The molecule has 0 bridgehead atoms. The molecule has 1 heterocycles. The van der Waals surface area contributed by atoms with Crippen molar-refractivity contribution in [3.05, 3.63) is 29.3 Å². The Bertz CT molecular complexity index is 557. The molecule has 1 aromatic carbocycles.